The van der Waals surface area contributed by atoms with E-state index in [1.165, 1.54) is 0 Å². The lowest BCUT2D eigenvalue weighted by molar-refractivity contribution is 0.482. The van der Waals surface area contributed by atoms with Gasteiger partial charge in [0.25, 0.3) is 0 Å². The van der Waals surface area contributed by atoms with E-state index in [4.69, 9.17) is 15.3 Å². The van der Waals surface area contributed by atoms with Gasteiger partial charge >= 0.3 is 0 Å². The molecule has 0 fully saturated rings. The van der Waals surface area contributed by atoms with Gasteiger partial charge in [-0.3, -0.25) is 0 Å². The van der Waals surface area contributed by atoms with Crippen LogP contribution in [0, 0.1) is 22.7 Å². The highest BCUT2D eigenvalue weighted by molar-refractivity contribution is 5.64. The van der Waals surface area contributed by atoms with Crippen molar-refractivity contribution in [1.29, 1.82) is 10.5 Å². The third-order valence-electron chi connectivity index (χ3n) is 3.43. The summed E-state index contributed by atoms with van der Waals surface area (Å²) in [4.78, 5) is 0. The van der Waals surface area contributed by atoms with Crippen molar-refractivity contribution in [3.8, 4) is 34.8 Å². The van der Waals surface area contributed by atoms with Gasteiger partial charge in [-0.2, -0.15) is 10.5 Å². The molecular weight excluding hydrogens is 284 g/mol. The van der Waals surface area contributed by atoms with Gasteiger partial charge in [-0.25, -0.2) is 0 Å². The van der Waals surface area contributed by atoms with E-state index in [9.17, 15) is 0 Å². The second-order valence-electron chi connectivity index (χ2n) is 4.92. The molecule has 23 heavy (non-hydrogen) atoms. The number of benzene rings is 3. The zero-order valence-corrected chi connectivity index (χ0v) is 12.2. The van der Waals surface area contributed by atoms with Crippen molar-refractivity contribution < 1.29 is 4.74 Å². The minimum absolute atomic E-state index is 0.311. The lowest BCUT2D eigenvalue weighted by atomic mass is 10.1. The standard InChI is InChI=1S/C20H12N2O/c21-13-17-8-11-20(12-18(17)14-22)23-19-9-6-16(7-10-19)15-4-2-1-3-5-15/h1-12H. The van der Waals surface area contributed by atoms with Gasteiger partial charge in [0.15, 0.2) is 0 Å². The number of rotatable bonds is 3. The van der Waals surface area contributed by atoms with Gasteiger partial charge < -0.3 is 4.74 Å². The smallest absolute Gasteiger partial charge is 0.128 e. The summed E-state index contributed by atoms with van der Waals surface area (Å²) in [5.41, 5.74) is 2.91. The van der Waals surface area contributed by atoms with Crippen LogP contribution in [0.1, 0.15) is 11.1 Å². The largest absolute Gasteiger partial charge is 0.457 e. The first-order valence-electron chi connectivity index (χ1n) is 7.08. The molecule has 0 aliphatic rings. The van der Waals surface area contributed by atoms with Gasteiger partial charge in [0.05, 0.1) is 11.1 Å². The summed E-state index contributed by atoms with van der Waals surface area (Å²) in [6.45, 7) is 0. The van der Waals surface area contributed by atoms with Crippen LogP contribution in [0.5, 0.6) is 11.5 Å². The van der Waals surface area contributed by atoms with E-state index in [2.05, 4.69) is 12.1 Å². The van der Waals surface area contributed by atoms with Crippen molar-refractivity contribution >= 4 is 0 Å². The highest BCUT2D eigenvalue weighted by Gasteiger charge is 2.05. The number of hydrogen-bond acceptors (Lipinski definition) is 3. The quantitative estimate of drug-likeness (QED) is 0.691. The van der Waals surface area contributed by atoms with Crippen molar-refractivity contribution in [2.24, 2.45) is 0 Å². The molecule has 3 aromatic carbocycles. The van der Waals surface area contributed by atoms with E-state index in [-0.39, 0.29) is 0 Å². The molecule has 3 aromatic rings. The zero-order valence-electron chi connectivity index (χ0n) is 12.2. The van der Waals surface area contributed by atoms with Gasteiger partial charge in [-0.15, -0.1) is 0 Å². The molecule has 108 valence electrons. The number of ether oxygens (including phenoxy) is 1. The summed E-state index contributed by atoms with van der Waals surface area (Å²) in [6, 6.07) is 26.7. The number of nitrogens with zero attached hydrogens (tertiary/aromatic N) is 2. The molecule has 0 aromatic heterocycles. The third-order valence-corrected chi connectivity index (χ3v) is 3.43. The first-order chi connectivity index (χ1) is 11.3. The molecule has 0 aliphatic carbocycles. The van der Waals surface area contributed by atoms with E-state index in [0.717, 1.165) is 11.1 Å². The molecule has 0 atom stereocenters. The zero-order chi connectivity index (χ0) is 16.1. The van der Waals surface area contributed by atoms with Crippen molar-refractivity contribution in [1.82, 2.24) is 0 Å². The summed E-state index contributed by atoms with van der Waals surface area (Å²) in [6.07, 6.45) is 0. The molecule has 3 nitrogen and oxygen atoms in total. The Kier molecular flexibility index (Phi) is 4.05. The van der Waals surface area contributed by atoms with E-state index in [0.29, 0.717) is 22.6 Å². The first-order valence-corrected chi connectivity index (χ1v) is 7.08. The maximum atomic E-state index is 9.05. The monoisotopic (exact) mass is 296 g/mol. The minimum atomic E-state index is 0.311. The molecule has 0 radical (unpaired) electrons. The molecule has 0 heterocycles. The Labute approximate surface area is 134 Å². The third kappa shape index (κ3) is 3.20. The molecular formula is C20H12N2O. The maximum absolute atomic E-state index is 9.05. The maximum Gasteiger partial charge on any atom is 0.128 e. The molecule has 0 bridgehead atoms. The van der Waals surface area contributed by atoms with Crippen LogP contribution in [-0.4, -0.2) is 0 Å². The molecule has 0 saturated carbocycles. The van der Waals surface area contributed by atoms with Crippen LogP contribution in [0.25, 0.3) is 11.1 Å². The molecule has 0 saturated heterocycles. The van der Waals surface area contributed by atoms with Crippen LogP contribution in [0.2, 0.25) is 0 Å². The van der Waals surface area contributed by atoms with Crippen molar-refractivity contribution in [2.45, 2.75) is 0 Å². The Morgan fingerprint density at radius 2 is 1.22 bits per heavy atom. The van der Waals surface area contributed by atoms with Crippen LogP contribution in [0.4, 0.5) is 0 Å². The van der Waals surface area contributed by atoms with Crippen LogP contribution >= 0.6 is 0 Å². The predicted octanol–water partition coefficient (Wildman–Crippen LogP) is 4.89. The lowest BCUT2D eigenvalue weighted by Crippen LogP contribution is -1.88. The summed E-state index contributed by atoms with van der Waals surface area (Å²) < 4.78 is 5.75. The molecule has 0 amide bonds. The highest BCUT2D eigenvalue weighted by atomic mass is 16.5. The van der Waals surface area contributed by atoms with Crippen molar-refractivity contribution in [3.05, 3.63) is 83.9 Å². The summed E-state index contributed by atoms with van der Waals surface area (Å²) in [5, 5.41) is 18.0. The second-order valence-corrected chi connectivity index (χ2v) is 4.92. The average molecular weight is 296 g/mol. The Balaban J connectivity index is 1.82. The van der Waals surface area contributed by atoms with Crippen LogP contribution in [0.15, 0.2) is 72.8 Å². The fraction of sp³-hybridized carbons (Fsp3) is 0. The van der Waals surface area contributed by atoms with E-state index in [1.54, 1.807) is 18.2 Å². The van der Waals surface area contributed by atoms with Crippen LogP contribution in [-0.2, 0) is 0 Å². The molecule has 0 N–H and O–H groups in total. The van der Waals surface area contributed by atoms with Crippen LogP contribution in [0.3, 0.4) is 0 Å². The van der Waals surface area contributed by atoms with Crippen LogP contribution < -0.4 is 4.74 Å². The van der Waals surface area contributed by atoms with E-state index < -0.39 is 0 Å². The molecule has 3 rings (SSSR count). The van der Waals surface area contributed by atoms with Gasteiger partial charge in [-0.05, 0) is 41.5 Å². The van der Waals surface area contributed by atoms with Crippen molar-refractivity contribution in [3.63, 3.8) is 0 Å². The highest BCUT2D eigenvalue weighted by Crippen LogP contribution is 2.26. The Morgan fingerprint density at radius 1 is 0.609 bits per heavy atom. The average Bonchev–Trinajstić information content (AvgIpc) is 2.63. The minimum Gasteiger partial charge on any atom is -0.457 e. The fourth-order valence-corrected chi connectivity index (χ4v) is 2.26. The summed E-state index contributed by atoms with van der Waals surface area (Å²) in [5.74, 6) is 1.21. The van der Waals surface area contributed by atoms with E-state index >= 15 is 0 Å². The summed E-state index contributed by atoms with van der Waals surface area (Å²) >= 11 is 0. The molecule has 0 unspecified atom stereocenters. The number of hydrogen-bond donors (Lipinski definition) is 0. The molecule has 0 spiro atoms. The molecule has 0 aliphatic heterocycles. The topological polar surface area (TPSA) is 56.8 Å². The Hall–Kier alpha value is -3.56. The lowest BCUT2D eigenvalue weighted by Gasteiger charge is -2.08. The second kappa shape index (κ2) is 6.47. The van der Waals surface area contributed by atoms with Gasteiger partial charge in [0.2, 0.25) is 0 Å². The van der Waals surface area contributed by atoms with E-state index in [1.807, 2.05) is 54.6 Å². The number of nitriles is 2. The fourth-order valence-electron chi connectivity index (χ4n) is 2.26. The Morgan fingerprint density at radius 3 is 1.87 bits per heavy atom. The van der Waals surface area contributed by atoms with Gasteiger partial charge in [-0.1, -0.05) is 42.5 Å². The van der Waals surface area contributed by atoms with Gasteiger partial charge in [0.1, 0.15) is 23.6 Å². The molecule has 3 heteroatoms. The van der Waals surface area contributed by atoms with Crippen molar-refractivity contribution in [2.75, 3.05) is 0 Å². The first kappa shape index (κ1) is 14.4. The SMILES string of the molecule is N#Cc1ccc(Oc2ccc(-c3ccccc3)cc2)cc1C#N. The predicted molar refractivity (Wildman–Crippen MR) is 87.8 cm³/mol. The normalized spacial score (nSPS) is 9.65. The Bertz CT molecular complexity index is 901. The summed E-state index contributed by atoms with van der Waals surface area (Å²) in [7, 11) is 0. The van der Waals surface area contributed by atoms with Gasteiger partial charge in [0, 0.05) is 0 Å².